The fourth-order valence-corrected chi connectivity index (χ4v) is 4.37. The van der Waals surface area contributed by atoms with Gasteiger partial charge in [0.1, 0.15) is 5.54 Å². The summed E-state index contributed by atoms with van der Waals surface area (Å²) in [6.07, 6.45) is 4.78. The van der Waals surface area contributed by atoms with Crippen LogP contribution in [0.15, 0.2) is 22.7 Å². The number of halogens is 1. The molecule has 0 unspecified atom stereocenters. The Morgan fingerprint density at radius 3 is 2.55 bits per heavy atom. The van der Waals surface area contributed by atoms with Crippen molar-refractivity contribution in [3.63, 3.8) is 0 Å². The third-order valence-corrected chi connectivity index (χ3v) is 5.98. The number of benzene rings is 1. The molecule has 106 valence electrons. The molecule has 1 saturated carbocycles. The van der Waals surface area contributed by atoms with Crippen molar-refractivity contribution in [2.24, 2.45) is 5.73 Å². The van der Waals surface area contributed by atoms with Gasteiger partial charge in [-0.3, -0.25) is 4.79 Å². The van der Waals surface area contributed by atoms with Crippen LogP contribution in [0.2, 0.25) is 0 Å². The van der Waals surface area contributed by atoms with Crippen LogP contribution in [0.4, 0.5) is 0 Å². The summed E-state index contributed by atoms with van der Waals surface area (Å²) < 4.78 is 1.17. The van der Waals surface area contributed by atoms with Gasteiger partial charge < -0.3 is 10.8 Å². The van der Waals surface area contributed by atoms with Gasteiger partial charge >= 0.3 is 5.97 Å². The standard InChI is InChI=1S/C16H18BrNO2/c1-10-3-2-4-12-11(10)9-13(17)15(12)5-7-16(18,8-6-15)14(19)20/h2-4,9H,5-8,18H2,1H3,(H,19,20). The molecule has 3 rings (SSSR count). The maximum absolute atomic E-state index is 11.3. The Bertz CT molecular complexity index is 613. The van der Waals surface area contributed by atoms with Crippen molar-refractivity contribution in [2.75, 3.05) is 0 Å². The largest absolute Gasteiger partial charge is 0.480 e. The van der Waals surface area contributed by atoms with E-state index in [9.17, 15) is 9.90 Å². The molecule has 20 heavy (non-hydrogen) atoms. The minimum absolute atomic E-state index is 0.0698. The summed E-state index contributed by atoms with van der Waals surface area (Å²) in [6, 6.07) is 6.36. The third kappa shape index (κ3) is 1.78. The lowest BCUT2D eigenvalue weighted by Crippen LogP contribution is -2.53. The van der Waals surface area contributed by atoms with Gasteiger partial charge in [0.25, 0.3) is 0 Å². The number of hydrogen-bond acceptors (Lipinski definition) is 2. The number of allylic oxidation sites excluding steroid dienone is 1. The summed E-state index contributed by atoms with van der Waals surface area (Å²) in [5.74, 6) is -0.880. The molecule has 0 amide bonds. The molecule has 0 radical (unpaired) electrons. The van der Waals surface area contributed by atoms with Crippen molar-refractivity contribution >= 4 is 28.0 Å². The van der Waals surface area contributed by atoms with Crippen LogP contribution in [0.1, 0.15) is 42.4 Å². The first-order chi connectivity index (χ1) is 9.39. The van der Waals surface area contributed by atoms with Crippen LogP contribution in [0.3, 0.4) is 0 Å². The number of hydrogen-bond donors (Lipinski definition) is 2. The molecular weight excluding hydrogens is 318 g/mol. The Morgan fingerprint density at radius 1 is 1.30 bits per heavy atom. The molecule has 0 heterocycles. The van der Waals surface area contributed by atoms with Crippen LogP contribution in [-0.2, 0) is 10.2 Å². The fraction of sp³-hybridized carbons (Fsp3) is 0.438. The predicted octanol–water partition coefficient (Wildman–Crippen LogP) is 3.34. The van der Waals surface area contributed by atoms with Crippen molar-refractivity contribution in [2.45, 2.75) is 43.6 Å². The molecular formula is C16H18BrNO2. The zero-order valence-electron chi connectivity index (χ0n) is 11.4. The van der Waals surface area contributed by atoms with Crippen LogP contribution < -0.4 is 5.73 Å². The van der Waals surface area contributed by atoms with E-state index in [2.05, 4.69) is 47.1 Å². The van der Waals surface area contributed by atoms with Crippen molar-refractivity contribution < 1.29 is 9.90 Å². The quantitative estimate of drug-likeness (QED) is 0.827. The highest BCUT2D eigenvalue weighted by atomic mass is 79.9. The Labute approximate surface area is 127 Å². The fourth-order valence-electron chi connectivity index (χ4n) is 3.53. The molecule has 0 atom stereocenters. The maximum Gasteiger partial charge on any atom is 0.323 e. The summed E-state index contributed by atoms with van der Waals surface area (Å²) in [5.41, 5.74) is 8.74. The van der Waals surface area contributed by atoms with Gasteiger partial charge in [-0.1, -0.05) is 34.1 Å². The minimum atomic E-state index is -1.06. The Balaban J connectivity index is 2.00. The second-order valence-electron chi connectivity index (χ2n) is 6.07. The zero-order chi connectivity index (χ0) is 14.5. The highest BCUT2D eigenvalue weighted by Gasteiger charge is 2.49. The average Bonchev–Trinajstić information content (AvgIpc) is 2.68. The van der Waals surface area contributed by atoms with Gasteiger partial charge in [-0.05, 0) is 55.4 Å². The first-order valence-corrected chi connectivity index (χ1v) is 7.68. The zero-order valence-corrected chi connectivity index (χ0v) is 13.0. The molecule has 0 aromatic heterocycles. The van der Waals surface area contributed by atoms with Crippen LogP contribution in [0.5, 0.6) is 0 Å². The van der Waals surface area contributed by atoms with E-state index in [0.29, 0.717) is 12.8 Å². The van der Waals surface area contributed by atoms with E-state index in [1.807, 2.05) is 0 Å². The summed E-state index contributed by atoms with van der Waals surface area (Å²) in [5, 5.41) is 9.28. The first-order valence-electron chi connectivity index (χ1n) is 6.89. The number of aryl methyl sites for hydroxylation is 1. The summed E-state index contributed by atoms with van der Waals surface area (Å²) in [6.45, 7) is 2.11. The number of aliphatic carboxylic acids is 1. The average molecular weight is 336 g/mol. The van der Waals surface area contributed by atoms with Crippen molar-refractivity contribution in [1.82, 2.24) is 0 Å². The Kier molecular flexibility index (Phi) is 3.07. The van der Waals surface area contributed by atoms with Gasteiger partial charge in [-0.15, -0.1) is 0 Å². The molecule has 1 aromatic carbocycles. The number of nitrogens with two attached hydrogens (primary N) is 1. The van der Waals surface area contributed by atoms with Crippen LogP contribution in [-0.4, -0.2) is 16.6 Å². The van der Waals surface area contributed by atoms with E-state index < -0.39 is 11.5 Å². The Hall–Kier alpha value is -1.13. The highest BCUT2D eigenvalue weighted by molar-refractivity contribution is 9.11. The lowest BCUT2D eigenvalue weighted by Gasteiger charge is -2.42. The van der Waals surface area contributed by atoms with Gasteiger partial charge in [0.2, 0.25) is 0 Å². The first kappa shape index (κ1) is 13.8. The molecule has 4 heteroatoms. The lowest BCUT2D eigenvalue weighted by atomic mass is 9.65. The van der Waals surface area contributed by atoms with Crippen molar-refractivity contribution in [3.05, 3.63) is 39.4 Å². The summed E-state index contributed by atoms with van der Waals surface area (Å²) in [7, 11) is 0. The van der Waals surface area contributed by atoms with E-state index >= 15 is 0 Å². The minimum Gasteiger partial charge on any atom is -0.480 e. The Morgan fingerprint density at radius 2 is 1.95 bits per heavy atom. The number of carbonyl (C=O) groups is 1. The van der Waals surface area contributed by atoms with Crippen LogP contribution in [0, 0.1) is 6.92 Å². The monoisotopic (exact) mass is 335 g/mol. The van der Waals surface area contributed by atoms with E-state index in [-0.39, 0.29) is 5.41 Å². The van der Waals surface area contributed by atoms with Crippen molar-refractivity contribution in [1.29, 1.82) is 0 Å². The maximum atomic E-state index is 11.3. The molecule has 1 fully saturated rings. The SMILES string of the molecule is Cc1cccc2c1C=C(Br)C21CCC(N)(C(=O)O)CC1. The molecule has 0 aliphatic heterocycles. The molecule has 1 spiro atoms. The summed E-state index contributed by atoms with van der Waals surface area (Å²) >= 11 is 3.72. The molecule has 1 aromatic rings. The second-order valence-corrected chi connectivity index (χ2v) is 6.93. The number of rotatable bonds is 1. The van der Waals surface area contributed by atoms with Gasteiger partial charge in [0.05, 0.1) is 0 Å². The highest BCUT2D eigenvalue weighted by Crippen LogP contribution is 2.54. The van der Waals surface area contributed by atoms with Crippen LogP contribution >= 0.6 is 15.9 Å². The normalized spacial score (nSPS) is 32.0. The predicted molar refractivity (Wildman–Crippen MR) is 82.8 cm³/mol. The van der Waals surface area contributed by atoms with Crippen molar-refractivity contribution in [3.8, 4) is 0 Å². The van der Waals surface area contributed by atoms with E-state index in [1.165, 1.54) is 21.2 Å². The molecule has 0 saturated heterocycles. The molecule has 3 nitrogen and oxygen atoms in total. The lowest BCUT2D eigenvalue weighted by molar-refractivity contribution is -0.145. The van der Waals surface area contributed by atoms with Gasteiger partial charge in [-0.25, -0.2) is 0 Å². The smallest absolute Gasteiger partial charge is 0.323 e. The summed E-state index contributed by atoms with van der Waals surface area (Å²) in [4.78, 5) is 11.3. The van der Waals surface area contributed by atoms with Gasteiger partial charge in [-0.2, -0.15) is 0 Å². The molecule has 0 bridgehead atoms. The van der Waals surface area contributed by atoms with E-state index in [4.69, 9.17) is 5.73 Å². The number of carboxylic acids is 1. The van der Waals surface area contributed by atoms with E-state index in [1.54, 1.807) is 0 Å². The molecule has 2 aliphatic carbocycles. The van der Waals surface area contributed by atoms with E-state index in [0.717, 1.165) is 12.8 Å². The number of fused-ring (bicyclic) bond motifs is 2. The molecule has 3 N–H and O–H groups in total. The topological polar surface area (TPSA) is 63.3 Å². The van der Waals surface area contributed by atoms with Gasteiger partial charge in [0, 0.05) is 9.90 Å². The third-order valence-electron chi connectivity index (χ3n) is 4.99. The second kappa shape index (κ2) is 4.43. The van der Waals surface area contributed by atoms with Crippen LogP contribution in [0.25, 0.3) is 6.08 Å². The molecule has 2 aliphatic rings. The van der Waals surface area contributed by atoms with Gasteiger partial charge in [0.15, 0.2) is 0 Å². The number of carboxylic acid groups (broad SMARTS) is 1.